The van der Waals surface area contributed by atoms with Gasteiger partial charge in [-0.25, -0.2) is 4.98 Å². The number of carboxylic acid groups (broad SMARTS) is 1. The van der Waals surface area contributed by atoms with Gasteiger partial charge >= 0.3 is 17.9 Å². The van der Waals surface area contributed by atoms with Gasteiger partial charge in [0.1, 0.15) is 5.82 Å². The van der Waals surface area contributed by atoms with Crippen LogP contribution in [-0.4, -0.2) is 221 Å². The maximum atomic E-state index is 12.2. The molecular formula is C48H81N11O8. The van der Waals surface area contributed by atoms with E-state index in [9.17, 15) is 24.0 Å². The summed E-state index contributed by atoms with van der Waals surface area (Å²) < 4.78 is 9.16. The molecule has 5 heterocycles. The van der Waals surface area contributed by atoms with Crippen molar-refractivity contribution in [2.24, 2.45) is 5.73 Å². The third-order valence-electron chi connectivity index (χ3n) is 11.8. The molecule has 0 spiro atoms. The third kappa shape index (κ3) is 26.4. The van der Waals surface area contributed by atoms with Crippen LogP contribution in [0, 0.1) is 0 Å². The number of benzene rings is 1. The lowest BCUT2D eigenvalue weighted by atomic mass is 10.2. The van der Waals surface area contributed by atoms with Crippen LogP contribution in [0.4, 0.5) is 5.82 Å². The molecule has 6 N–H and O–H groups in total. The molecule has 0 aliphatic carbocycles. The second-order valence-corrected chi connectivity index (χ2v) is 16.8. The highest BCUT2D eigenvalue weighted by Gasteiger charge is 2.22. The summed E-state index contributed by atoms with van der Waals surface area (Å²) in [7, 11) is 2.84. The van der Waals surface area contributed by atoms with E-state index >= 15 is 0 Å². The molecule has 6 rings (SSSR count). The van der Waals surface area contributed by atoms with Crippen molar-refractivity contribution >= 4 is 35.5 Å². The van der Waals surface area contributed by atoms with E-state index in [1.54, 1.807) is 6.20 Å². The van der Waals surface area contributed by atoms with Crippen LogP contribution in [-0.2, 0) is 40.0 Å². The molecule has 0 radical (unpaired) electrons. The summed E-state index contributed by atoms with van der Waals surface area (Å²) >= 11 is 0. The summed E-state index contributed by atoms with van der Waals surface area (Å²) in [5, 5.41) is 18.4. The number of nitrogens with two attached hydrogens (primary N) is 1. The summed E-state index contributed by atoms with van der Waals surface area (Å²) in [6.45, 7) is 20.1. The van der Waals surface area contributed by atoms with Gasteiger partial charge in [0.15, 0.2) is 0 Å². The number of ether oxygens (including phenoxy) is 2. The van der Waals surface area contributed by atoms with Crippen molar-refractivity contribution in [3.05, 3.63) is 60.3 Å². The molecule has 1 aromatic carbocycles. The van der Waals surface area contributed by atoms with Gasteiger partial charge < -0.3 is 51.0 Å². The van der Waals surface area contributed by atoms with Crippen molar-refractivity contribution in [1.82, 2.24) is 45.0 Å². The fourth-order valence-electron chi connectivity index (χ4n) is 7.84. The number of methoxy groups -OCH3 is 2. The van der Waals surface area contributed by atoms with Gasteiger partial charge in [-0.1, -0.05) is 36.4 Å². The largest absolute Gasteiger partial charge is 0.481 e. The standard InChI is InChI=1S/C16H24N4O3.C12H23N3O3.C11H16N2.C9H18N2O2/c21-15(6-8-18-14-4-1-2-7-17-14)20-12-10-19(11-13-20)9-3-5-16(22)23;1-18-12(17)3-2-6-14-7-9-15(10-8-14)11(16)4-5-13;1-2-4-11(5-3-1)10-13-8-6-12-7-9-13;1-13-9(12)3-2-6-11-7-4-10-5-8-11/h1-2,4,7H,3,5-6,8-13H2,(H,17,18)(H,22,23);2-10,13H2,1H3;1-5,12H,6-10H2;10H,2-8H2,1H3. The highest BCUT2D eigenvalue weighted by atomic mass is 16.5. The highest BCUT2D eigenvalue weighted by Crippen LogP contribution is 2.09. The van der Waals surface area contributed by atoms with Gasteiger partial charge in [0.2, 0.25) is 11.8 Å². The summed E-state index contributed by atoms with van der Waals surface area (Å²) in [6.07, 6.45) is 6.20. The van der Waals surface area contributed by atoms with Gasteiger partial charge in [-0.05, 0) is 56.6 Å². The molecule has 0 saturated carbocycles. The fourth-order valence-corrected chi connectivity index (χ4v) is 7.84. The van der Waals surface area contributed by atoms with Crippen molar-refractivity contribution in [1.29, 1.82) is 0 Å². The van der Waals surface area contributed by atoms with Gasteiger partial charge in [-0.3, -0.25) is 38.7 Å². The molecule has 0 bridgehead atoms. The molecule has 0 unspecified atom stereocenters. The monoisotopic (exact) mass is 940 g/mol. The number of nitrogens with zero attached hydrogens (tertiary/aromatic N) is 7. The van der Waals surface area contributed by atoms with Crippen LogP contribution >= 0.6 is 0 Å². The fraction of sp³-hybridized carbons (Fsp3) is 0.667. The Hall–Kier alpha value is -4.76. The van der Waals surface area contributed by atoms with E-state index < -0.39 is 5.97 Å². The molecule has 4 aliphatic rings. The molecule has 4 saturated heterocycles. The first-order valence-corrected chi connectivity index (χ1v) is 24.2. The summed E-state index contributed by atoms with van der Waals surface area (Å²) in [5.74, 6) is 0.0648. The van der Waals surface area contributed by atoms with E-state index in [-0.39, 0.29) is 30.2 Å². The average Bonchev–Trinajstić information content (AvgIpc) is 3.36. The number of aromatic nitrogens is 1. The van der Waals surface area contributed by atoms with Gasteiger partial charge in [-0.2, -0.15) is 0 Å². The lowest BCUT2D eigenvalue weighted by Gasteiger charge is -2.34. The van der Waals surface area contributed by atoms with Crippen LogP contribution in [0.25, 0.3) is 0 Å². The second-order valence-electron chi connectivity index (χ2n) is 16.8. The molecule has 0 atom stereocenters. The molecule has 376 valence electrons. The van der Waals surface area contributed by atoms with E-state index in [2.05, 4.69) is 80.3 Å². The number of piperazine rings is 4. The number of rotatable bonds is 20. The number of anilines is 1. The molecular weight excluding hydrogens is 859 g/mol. The van der Waals surface area contributed by atoms with Crippen LogP contribution in [0.2, 0.25) is 0 Å². The first-order valence-electron chi connectivity index (χ1n) is 24.2. The van der Waals surface area contributed by atoms with Crippen molar-refractivity contribution in [2.75, 3.05) is 157 Å². The Morgan fingerprint density at radius 3 is 1.52 bits per heavy atom. The van der Waals surface area contributed by atoms with E-state index in [0.29, 0.717) is 45.2 Å². The molecule has 67 heavy (non-hydrogen) atoms. The van der Waals surface area contributed by atoms with Gasteiger partial charge in [0, 0.05) is 163 Å². The van der Waals surface area contributed by atoms with Crippen LogP contribution in [0.3, 0.4) is 0 Å². The zero-order valence-corrected chi connectivity index (χ0v) is 40.4. The maximum absolute atomic E-state index is 12.2. The molecule has 2 amide bonds. The Kier molecular flexibility index (Phi) is 29.9. The zero-order valence-electron chi connectivity index (χ0n) is 40.4. The topological polar surface area (TPSA) is 218 Å². The van der Waals surface area contributed by atoms with Gasteiger partial charge in [0.05, 0.1) is 14.2 Å². The smallest absolute Gasteiger partial charge is 0.305 e. The minimum absolute atomic E-state index is 0.102. The van der Waals surface area contributed by atoms with Crippen molar-refractivity contribution in [3.8, 4) is 0 Å². The van der Waals surface area contributed by atoms with Gasteiger partial charge in [0.25, 0.3) is 0 Å². The predicted molar refractivity (Wildman–Crippen MR) is 260 cm³/mol. The van der Waals surface area contributed by atoms with Crippen LogP contribution in [0.15, 0.2) is 54.7 Å². The number of amides is 2. The number of hydrogen-bond acceptors (Lipinski definition) is 16. The SMILES string of the molecule is COC(=O)CCCN1CCN(C(=O)CCN)CC1.COC(=O)CCCN1CCNCC1.O=C(O)CCCN1CCN(C(=O)CCNc2ccccn2)CC1.c1ccc(CN2CCNCC2)cc1. The Labute approximate surface area is 399 Å². The number of carbonyl (C=O) groups is 5. The van der Waals surface area contributed by atoms with Crippen molar-refractivity contribution in [3.63, 3.8) is 0 Å². The van der Waals surface area contributed by atoms with E-state index in [4.69, 9.17) is 10.8 Å². The lowest BCUT2D eigenvalue weighted by molar-refractivity contribution is -0.141. The number of carbonyl (C=O) groups excluding carboxylic acids is 4. The molecule has 19 heteroatoms. The average molecular weight is 940 g/mol. The predicted octanol–water partition coefficient (Wildman–Crippen LogP) is 1.26. The molecule has 4 aliphatic heterocycles. The van der Waals surface area contributed by atoms with E-state index in [1.165, 1.54) is 32.9 Å². The quantitative estimate of drug-likeness (QED) is 0.118. The number of carboxylic acids is 1. The van der Waals surface area contributed by atoms with Crippen LogP contribution in [0.5, 0.6) is 0 Å². The zero-order chi connectivity index (χ0) is 48.3. The Morgan fingerprint density at radius 2 is 1.06 bits per heavy atom. The van der Waals surface area contributed by atoms with Gasteiger partial charge in [-0.15, -0.1) is 0 Å². The highest BCUT2D eigenvalue weighted by molar-refractivity contribution is 5.77. The Balaban J connectivity index is 0.000000244. The van der Waals surface area contributed by atoms with Crippen LogP contribution < -0.4 is 21.7 Å². The molecule has 19 nitrogen and oxygen atoms in total. The number of pyridine rings is 1. The van der Waals surface area contributed by atoms with Crippen molar-refractivity contribution in [2.45, 2.75) is 57.9 Å². The van der Waals surface area contributed by atoms with Crippen LogP contribution in [0.1, 0.15) is 56.9 Å². The van der Waals surface area contributed by atoms with E-state index in [0.717, 1.165) is 136 Å². The van der Waals surface area contributed by atoms with E-state index in [1.807, 2.05) is 28.0 Å². The molecule has 4 fully saturated rings. The number of nitrogens with one attached hydrogen (secondary N) is 3. The first-order chi connectivity index (χ1) is 32.6. The molecule has 2 aromatic rings. The Morgan fingerprint density at radius 1 is 0.597 bits per heavy atom. The summed E-state index contributed by atoms with van der Waals surface area (Å²) in [4.78, 5) is 73.3. The first kappa shape index (κ1) is 56.6. The maximum Gasteiger partial charge on any atom is 0.305 e. The van der Waals surface area contributed by atoms with Crippen molar-refractivity contribution < 1.29 is 38.6 Å². The lowest BCUT2D eigenvalue weighted by Crippen LogP contribution is -2.49. The third-order valence-corrected chi connectivity index (χ3v) is 11.8. The summed E-state index contributed by atoms with van der Waals surface area (Å²) in [5.41, 5.74) is 6.79. The second kappa shape index (κ2) is 35.4. The molecule has 1 aromatic heterocycles. The number of aliphatic carboxylic acids is 1. The minimum Gasteiger partial charge on any atom is -0.481 e. The minimum atomic E-state index is -0.751. The summed E-state index contributed by atoms with van der Waals surface area (Å²) in [6, 6.07) is 16.3. The Bertz CT molecular complexity index is 1640. The normalized spacial score (nSPS) is 17.0. The number of hydrogen-bond donors (Lipinski definition) is 5. The number of esters is 2.